The second-order valence-electron chi connectivity index (χ2n) is 4.58. The van der Waals surface area contributed by atoms with Crippen LogP contribution in [0.25, 0.3) is 0 Å². The topological polar surface area (TPSA) is 79.2 Å². The smallest absolute Gasteiger partial charge is 0.166 e. The zero-order chi connectivity index (χ0) is 10.8. The van der Waals surface area contributed by atoms with Gasteiger partial charge in [0.1, 0.15) is 5.60 Å². The molecule has 0 radical (unpaired) electrons. The van der Waals surface area contributed by atoms with Gasteiger partial charge in [0.15, 0.2) is 12.6 Å². The van der Waals surface area contributed by atoms with Gasteiger partial charge in [-0.3, -0.25) is 0 Å². The van der Waals surface area contributed by atoms with Crippen molar-refractivity contribution in [3.8, 4) is 0 Å². The lowest BCUT2D eigenvalue weighted by atomic mass is 9.84. The van der Waals surface area contributed by atoms with E-state index in [1.54, 1.807) is 0 Å². The van der Waals surface area contributed by atoms with Crippen molar-refractivity contribution < 1.29 is 24.8 Å². The SMILES string of the molecule is O[C@H]1[C@@H]2C[C@@H](O)O[C@H]3OC[C@@](O)([C@@H]32)[C@@H]1Cl. The maximum Gasteiger partial charge on any atom is 0.166 e. The first kappa shape index (κ1) is 10.3. The molecular weight excluding hydrogens is 224 g/mol. The molecule has 0 aromatic carbocycles. The van der Waals surface area contributed by atoms with E-state index < -0.39 is 29.7 Å². The molecule has 0 bridgehead atoms. The summed E-state index contributed by atoms with van der Waals surface area (Å²) in [6.45, 7) is 0.0524. The minimum Gasteiger partial charge on any atom is -0.391 e. The molecule has 1 saturated carbocycles. The average Bonchev–Trinajstić information content (AvgIpc) is 2.61. The van der Waals surface area contributed by atoms with Gasteiger partial charge in [-0.1, -0.05) is 0 Å². The highest BCUT2D eigenvalue weighted by atomic mass is 35.5. The summed E-state index contributed by atoms with van der Waals surface area (Å²) in [5, 5.41) is 28.8. The van der Waals surface area contributed by atoms with Gasteiger partial charge in [-0.2, -0.15) is 0 Å². The molecule has 0 unspecified atom stereocenters. The molecule has 1 aliphatic carbocycles. The lowest BCUT2D eigenvalue weighted by molar-refractivity contribution is -0.265. The molecule has 3 N–H and O–H groups in total. The van der Waals surface area contributed by atoms with Crippen molar-refractivity contribution >= 4 is 11.6 Å². The Kier molecular flexibility index (Phi) is 2.09. The van der Waals surface area contributed by atoms with E-state index in [4.69, 9.17) is 21.1 Å². The summed E-state index contributed by atoms with van der Waals surface area (Å²) in [6.07, 6.45) is -2.12. The van der Waals surface area contributed by atoms with E-state index in [1.807, 2.05) is 0 Å². The summed E-state index contributed by atoms with van der Waals surface area (Å²) in [7, 11) is 0. The van der Waals surface area contributed by atoms with Gasteiger partial charge >= 0.3 is 0 Å². The highest BCUT2D eigenvalue weighted by Gasteiger charge is 2.67. The summed E-state index contributed by atoms with van der Waals surface area (Å²) < 4.78 is 10.4. The number of aliphatic hydroxyl groups excluding tert-OH is 2. The fourth-order valence-corrected chi connectivity index (χ4v) is 3.46. The Hall–Kier alpha value is 0.0900. The molecule has 0 amide bonds. The number of ether oxygens (including phenoxy) is 2. The van der Waals surface area contributed by atoms with E-state index in [0.29, 0.717) is 0 Å². The van der Waals surface area contributed by atoms with Crippen LogP contribution < -0.4 is 0 Å². The quantitative estimate of drug-likeness (QED) is 0.472. The molecule has 15 heavy (non-hydrogen) atoms. The van der Waals surface area contributed by atoms with Gasteiger partial charge in [0.25, 0.3) is 0 Å². The molecular formula is C9H13ClO5. The van der Waals surface area contributed by atoms with Crippen molar-refractivity contribution in [3.05, 3.63) is 0 Å². The van der Waals surface area contributed by atoms with Crippen molar-refractivity contribution in [2.24, 2.45) is 11.8 Å². The molecule has 86 valence electrons. The molecule has 2 saturated heterocycles. The Balaban J connectivity index is 1.98. The first-order valence-corrected chi connectivity index (χ1v) is 5.47. The maximum atomic E-state index is 10.3. The standard InChI is InChI=1S/C9H13ClO5/c10-7-6(12)3-1-4(11)15-8-5(3)9(7,13)2-14-8/h3-8,11-13H,1-2H2/t3-,4+,5-,6+,7-,8-,9-/m1/s1. The molecule has 0 aromatic rings. The normalized spacial score (nSPS) is 63.2. The predicted molar refractivity (Wildman–Crippen MR) is 49.0 cm³/mol. The number of halogens is 1. The van der Waals surface area contributed by atoms with Crippen LogP contribution >= 0.6 is 11.6 Å². The second kappa shape index (κ2) is 3.06. The lowest BCUT2D eigenvalue weighted by Crippen LogP contribution is -2.46. The van der Waals surface area contributed by atoms with E-state index in [1.165, 1.54) is 0 Å². The molecule has 3 aliphatic rings. The van der Waals surface area contributed by atoms with Crippen LogP contribution in [0.3, 0.4) is 0 Å². The summed E-state index contributed by atoms with van der Waals surface area (Å²) in [4.78, 5) is 0. The van der Waals surface area contributed by atoms with E-state index in [9.17, 15) is 15.3 Å². The Morgan fingerprint density at radius 3 is 2.80 bits per heavy atom. The Labute approximate surface area is 91.6 Å². The Bertz CT molecular complexity index is 288. The summed E-state index contributed by atoms with van der Waals surface area (Å²) in [5.41, 5.74) is -1.23. The van der Waals surface area contributed by atoms with Crippen LogP contribution in [0.1, 0.15) is 6.42 Å². The summed E-state index contributed by atoms with van der Waals surface area (Å²) in [5.74, 6) is -0.591. The number of hydrogen-bond donors (Lipinski definition) is 3. The van der Waals surface area contributed by atoms with Crippen molar-refractivity contribution in [3.63, 3.8) is 0 Å². The first-order valence-electron chi connectivity index (χ1n) is 5.03. The maximum absolute atomic E-state index is 10.3. The minimum absolute atomic E-state index is 0.0524. The molecule has 6 heteroatoms. The van der Waals surface area contributed by atoms with E-state index in [-0.39, 0.29) is 24.9 Å². The fourth-order valence-electron chi connectivity index (χ4n) is 3.07. The predicted octanol–water partition coefficient (Wildman–Crippen LogP) is -0.973. The van der Waals surface area contributed by atoms with Crippen LogP contribution in [0.5, 0.6) is 0 Å². The van der Waals surface area contributed by atoms with Gasteiger partial charge in [-0.25, -0.2) is 0 Å². The molecule has 0 spiro atoms. The third-order valence-corrected chi connectivity index (χ3v) is 4.43. The number of rotatable bonds is 0. The van der Waals surface area contributed by atoms with E-state index >= 15 is 0 Å². The third-order valence-electron chi connectivity index (χ3n) is 3.79. The fraction of sp³-hybridized carbons (Fsp3) is 1.00. The van der Waals surface area contributed by atoms with Crippen LogP contribution in [0.4, 0.5) is 0 Å². The largest absolute Gasteiger partial charge is 0.391 e. The molecule has 2 heterocycles. The first-order chi connectivity index (χ1) is 7.04. The van der Waals surface area contributed by atoms with E-state index in [2.05, 4.69) is 0 Å². The molecule has 5 nitrogen and oxygen atoms in total. The van der Waals surface area contributed by atoms with Gasteiger partial charge in [0.05, 0.1) is 18.1 Å². The number of alkyl halides is 1. The van der Waals surface area contributed by atoms with Crippen LogP contribution in [0, 0.1) is 11.8 Å². The van der Waals surface area contributed by atoms with Gasteiger partial charge < -0.3 is 24.8 Å². The average molecular weight is 237 g/mol. The van der Waals surface area contributed by atoms with Crippen LogP contribution in [-0.4, -0.2) is 51.6 Å². The van der Waals surface area contributed by atoms with Crippen molar-refractivity contribution in [1.82, 2.24) is 0 Å². The molecule has 2 aliphatic heterocycles. The van der Waals surface area contributed by atoms with Gasteiger partial charge in [-0.05, 0) is 0 Å². The Morgan fingerprint density at radius 1 is 1.33 bits per heavy atom. The van der Waals surface area contributed by atoms with Crippen LogP contribution in [0.15, 0.2) is 0 Å². The second-order valence-corrected chi connectivity index (χ2v) is 5.05. The van der Waals surface area contributed by atoms with Crippen LogP contribution in [-0.2, 0) is 9.47 Å². The lowest BCUT2D eigenvalue weighted by Gasteiger charge is -2.34. The monoisotopic (exact) mass is 236 g/mol. The van der Waals surface area contributed by atoms with Gasteiger partial charge in [-0.15, -0.1) is 11.6 Å². The number of hydrogen-bond acceptors (Lipinski definition) is 5. The summed E-state index contributed by atoms with van der Waals surface area (Å²) in [6, 6.07) is 0. The zero-order valence-corrected chi connectivity index (χ0v) is 8.67. The molecule has 0 aromatic heterocycles. The molecule has 3 rings (SSSR count). The van der Waals surface area contributed by atoms with E-state index in [0.717, 1.165) is 0 Å². The zero-order valence-electron chi connectivity index (χ0n) is 7.91. The Morgan fingerprint density at radius 2 is 2.07 bits per heavy atom. The van der Waals surface area contributed by atoms with Gasteiger partial charge in [0.2, 0.25) is 0 Å². The molecule has 7 atom stereocenters. The highest BCUT2D eigenvalue weighted by Crippen LogP contribution is 2.54. The molecule has 3 fully saturated rings. The van der Waals surface area contributed by atoms with Crippen molar-refractivity contribution in [1.29, 1.82) is 0 Å². The van der Waals surface area contributed by atoms with Crippen molar-refractivity contribution in [2.45, 2.75) is 36.1 Å². The van der Waals surface area contributed by atoms with Crippen LogP contribution in [0.2, 0.25) is 0 Å². The summed E-state index contributed by atoms with van der Waals surface area (Å²) >= 11 is 6.00. The third kappa shape index (κ3) is 1.16. The number of aliphatic hydroxyl groups is 3. The highest BCUT2D eigenvalue weighted by molar-refractivity contribution is 6.22. The minimum atomic E-state index is -1.23. The van der Waals surface area contributed by atoms with Gasteiger partial charge in [0, 0.05) is 18.3 Å². The van der Waals surface area contributed by atoms with Crippen molar-refractivity contribution in [2.75, 3.05) is 6.61 Å².